The number of rotatable bonds is 3. The van der Waals surface area contributed by atoms with Crippen LogP contribution < -0.4 is 22.0 Å². The second-order valence-corrected chi connectivity index (χ2v) is 6.08. The standard InChI is InChI=1S/C11H13ClN2O3S.BrH/c1-5(2)13-8-9(15)14-7(11(16)17)3-6(4-12)18-10(8)14;/h3,6,8,10H,4H2,1-2H3,(H,16,17);1H/t6?,8-,10-;/m1./s1. The predicted molar refractivity (Wildman–Crippen MR) is 69.6 cm³/mol. The average molecular weight is 370 g/mol. The maximum Gasteiger partial charge on any atom is 0.352 e. The van der Waals surface area contributed by atoms with E-state index in [-0.39, 0.29) is 45.3 Å². The lowest BCUT2D eigenvalue weighted by Gasteiger charge is -2.45. The van der Waals surface area contributed by atoms with Gasteiger partial charge in [-0.2, -0.15) is 0 Å². The Morgan fingerprint density at radius 1 is 1.58 bits per heavy atom. The first-order chi connectivity index (χ1) is 8.45. The fourth-order valence-electron chi connectivity index (χ4n) is 2.03. The number of aliphatic carboxylic acids is 1. The molecule has 2 aliphatic rings. The second-order valence-electron chi connectivity index (χ2n) is 4.41. The number of β-lactam (4-membered cyclic amide) rings is 1. The van der Waals surface area contributed by atoms with Crippen molar-refractivity contribution >= 4 is 41.0 Å². The van der Waals surface area contributed by atoms with Gasteiger partial charge in [0.1, 0.15) is 11.4 Å². The van der Waals surface area contributed by atoms with Gasteiger partial charge in [0.2, 0.25) is 0 Å². The molecule has 19 heavy (non-hydrogen) atoms. The molecule has 5 nitrogen and oxygen atoms in total. The number of nitrogens with one attached hydrogen (secondary N) is 1. The highest BCUT2D eigenvalue weighted by atomic mass is 79.9. The van der Waals surface area contributed by atoms with E-state index >= 15 is 0 Å². The average Bonchev–Trinajstić information content (AvgIpc) is 2.33. The lowest BCUT2D eigenvalue weighted by molar-refractivity contribution is -0.503. The van der Waals surface area contributed by atoms with Crippen molar-refractivity contribution in [2.45, 2.75) is 30.5 Å². The Morgan fingerprint density at radius 3 is 2.68 bits per heavy atom. The summed E-state index contributed by atoms with van der Waals surface area (Å²) in [6, 6.07) is -0.353. The second kappa shape index (κ2) is 6.28. The van der Waals surface area contributed by atoms with Crippen molar-refractivity contribution < 1.29 is 36.7 Å². The molecule has 3 atom stereocenters. The first-order valence-corrected chi connectivity index (χ1v) is 6.99. The maximum absolute atomic E-state index is 11.9. The monoisotopic (exact) mass is 368 g/mol. The van der Waals surface area contributed by atoms with Crippen LogP contribution >= 0.6 is 23.4 Å². The Hall–Kier alpha value is -0.530. The minimum atomic E-state index is -1.08. The van der Waals surface area contributed by atoms with E-state index in [1.165, 1.54) is 16.7 Å². The van der Waals surface area contributed by atoms with E-state index < -0.39 is 5.97 Å². The molecule has 0 aromatic carbocycles. The zero-order chi connectivity index (χ0) is 13.4. The van der Waals surface area contributed by atoms with Gasteiger partial charge < -0.3 is 22.1 Å². The number of carboxylic acid groups (broad SMARTS) is 1. The topological polar surface area (TPSA) is 71.6 Å². The van der Waals surface area contributed by atoms with Gasteiger partial charge in [-0.25, -0.2) is 9.79 Å². The molecule has 1 amide bonds. The summed E-state index contributed by atoms with van der Waals surface area (Å²) < 4.78 is 0. The first kappa shape index (κ1) is 16.5. The number of amides is 1. The Bertz CT molecular complexity index is 465. The molecule has 2 aliphatic heterocycles. The highest BCUT2D eigenvalue weighted by molar-refractivity contribution is 8.01. The molecule has 0 saturated carbocycles. The predicted octanol–water partition coefficient (Wildman–Crippen LogP) is -3.59. The minimum Gasteiger partial charge on any atom is -1.00 e. The van der Waals surface area contributed by atoms with Crippen LogP contribution in [0.15, 0.2) is 11.8 Å². The van der Waals surface area contributed by atoms with Crippen LogP contribution in [0, 0.1) is 0 Å². The van der Waals surface area contributed by atoms with Gasteiger partial charge in [0.25, 0.3) is 11.9 Å². The summed E-state index contributed by atoms with van der Waals surface area (Å²) in [7, 11) is 0. The molecule has 0 spiro atoms. The SMILES string of the molecule is CC(C)=[NH+][C@@H]1C(=O)N2C(C(=O)O)=CC(CCl)S[C@H]12.[Br-]. The van der Waals surface area contributed by atoms with E-state index in [4.69, 9.17) is 16.7 Å². The van der Waals surface area contributed by atoms with Gasteiger partial charge in [-0.15, -0.1) is 23.4 Å². The number of hydrogen-bond donors (Lipinski definition) is 2. The van der Waals surface area contributed by atoms with Crippen molar-refractivity contribution in [2.24, 2.45) is 0 Å². The van der Waals surface area contributed by atoms with Gasteiger partial charge in [-0.05, 0) is 6.08 Å². The Morgan fingerprint density at radius 2 is 2.21 bits per heavy atom. The lowest BCUT2D eigenvalue weighted by Crippen LogP contribution is -3.00. The number of thioether (sulfide) groups is 1. The molecule has 0 aliphatic carbocycles. The maximum atomic E-state index is 11.9. The minimum absolute atomic E-state index is 0. The third-order valence-electron chi connectivity index (χ3n) is 2.78. The van der Waals surface area contributed by atoms with E-state index in [0.717, 1.165) is 5.71 Å². The van der Waals surface area contributed by atoms with Gasteiger partial charge in [-0.3, -0.25) is 9.69 Å². The summed E-state index contributed by atoms with van der Waals surface area (Å²) in [5.41, 5.74) is 0.976. The highest BCUT2D eigenvalue weighted by Crippen LogP contribution is 2.39. The zero-order valence-corrected chi connectivity index (χ0v) is 13.6. The van der Waals surface area contributed by atoms with Crippen molar-refractivity contribution in [3.05, 3.63) is 11.8 Å². The van der Waals surface area contributed by atoms with Gasteiger partial charge in [0.15, 0.2) is 5.37 Å². The summed E-state index contributed by atoms with van der Waals surface area (Å²) in [6.45, 7) is 3.74. The molecular formula is C11H14BrClN2O3S. The molecular weight excluding hydrogens is 356 g/mol. The molecule has 2 N–H and O–H groups in total. The van der Waals surface area contributed by atoms with Crippen LogP contribution in [0.4, 0.5) is 0 Å². The van der Waals surface area contributed by atoms with E-state index in [2.05, 4.69) is 4.99 Å². The molecule has 2 heterocycles. The third-order valence-corrected chi connectivity index (χ3v) is 4.71. The van der Waals surface area contributed by atoms with E-state index in [1.54, 1.807) is 6.08 Å². The fourth-order valence-corrected chi connectivity index (χ4v) is 3.66. The fraction of sp³-hybridized carbons (Fsp3) is 0.545. The molecule has 1 unspecified atom stereocenters. The number of hydrogen-bond acceptors (Lipinski definition) is 3. The largest absolute Gasteiger partial charge is 1.00 e. The third kappa shape index (κ3) is 2.98. The summed E-state index contributed by atoms with van der Waals surface area (Å²) in [5, 5.41) is 8.86. The number of carboxylic acids is 1. The molecule has 0 radical (unpaired) electrons. The molecule has 0 bridgehead atoms. The summed E-state index contributed by atoms with van der Waals surface area (Å²) in [5.74, 6) is -0.948. The molecule has 0 aromatic rings. The van der Waals surface area contributed by atoms with E-state index in [9.17, 15) is 9.59 Å². The smallest absolute Gasteiger partial charge is 0.352 e. The van der Waals surface area contributed by atoms with E-state index in [1.807, 2.05) is 13.8 Å². The van der Waals surface area contributed by atoms with Crippen molar-refractivity contribution in [3.63, 3.8) is 0 Å². The van der Waals surface area contributed by atoms with E-state index in [0.29, 0.717) is 5.88 Å². The normalized spacial score (nSPS) is 28.6. The van der Waals surface area contributed by atoms with Crippen LogP contribution in [0.25, 0.3) is 0 Å². The van der Waals surface area contributed by atoms with Crippen molar-refractivity contribution in [3.8, 4) is 0 Å². The number of fused-ring (bicyclic) bond motifs is 1. The molecule has 1 fully saturated rings. The number of carbonyl (C=O) groups excluding carboxylic acids is 1. The summed E-state index contributed by atoms with van der Waals surface area (Å²) in [4.78, 5) is 27.5. The Kier molecular flexibility index (Phi) is 5.46. The van der Waals surface area contributed by atoms with Crippen LogP contribution in [0.5, 0.6) is 0 Å². The Balaban J connectivity index is 0.00000180. The summed E-state index contributed by atoms with van der Waals surface area (Å²) >= 11 is 7.30. The first-order valence-electron chi connectivity index (χ1n) is 5.52. The van der Waals surface area contributed by atoms with Gasteiger partial charge >= 0.3 is 5.97 Å². The number of alkyl halides is 1. The van der Waals surface area contributed by atoms with Gasteiger partial charge in [0, 0.05) is 25.0 Å². The van der Waals surface area contributed by atoms with Crippen LogP contribution in [0.3, 0.4) is 0 Å². The molecule has 106 valence electrons. The molecule has 2 rings (SSSR count). The van der Waals surface area contributed by atoms with Crippen LogP contribution in [-0.2, 0) is 9.59 Å². The quantitative estimate of drug-likeness (QED) is 0.306. The number of carbonyl (C=O) groups is 2. The van der Waals surface area contributed by atoms with Gasteiger partial charge in [0.05, 0.1) is 0 Å². The molecule has 1 saturated heterocycles. The van der Waals surface area contributed by atoms with Crippen molar-refractivity contribution in [2.75, 3.05) is 5.88 Å². The van der Waals surface area contributed by atoms with Crippen LogP contribution in [0.2, 0.25) is 0 Å². The lowest BCUT2D eigenvalue weighted by atomic mass is 10.1. The molecule has 0 aromatic heterocycles. The number of halogens is 2. The number of nitrogens with zero attached hydrogens (tertiary/aromatic N) is 1. The van der Waals surface area contributed by atoms with Crippen molar-refractivity contribution in [1.82, 2.24) is 4.90 Å². The summed E-state index contributed by atoms with van der Waals surface area (Å²) in [6.07, 6.45) is 1.55. The highest BCUT2D eigenvalue weighted by Gasteiger charge is 2.57. The van der Waals surface area contributed by atoms with Crippen molar-refractivity contribution in [1.29, 1.82) is 0 Å². The van der Waals surface area contributed by atoms with Crippen LogP contribution in [-0.4, -0.2) is 50.1 Å². The Labute approximate surface area is 130 Å². The van der Waals surface area contributed by atoms with Gasteiger partial charge in [-0.1, -0.05) is 0 Å². The zero-order valence-electron chi connectivity index (χ0n) is 10.4. The van der Waals surface area contributed by atoms with Crippen LogP contribution in [0.1, 0.15) is 13.8 Å². The molecule has 8 heteroatoms.